The molecule has 0 radical (unpaired) electrons. The molecule has 0 atom stereocenters. The Morgan fingerprint density at radius 2 is 2.22 bits per heavy atom. The summed E-state index contributed by atoms with van der Waals surface area (Å²) in [5, 5.41) is 0. The summed E-state index contributed by atoms with van der Waals surface area (Å²) >= 11 is 0. The molecular formula is C6H6N2O. The minimum Gasteiger partial charge on any atom is -0.344 e. The molecule has 1 aliphatic carbocycles. The van der Waals surface area contributed by atoms with Gasteiger partial charge in [-0.15, -0.1) is 0 Å². The van der Waals surface area contributed by atoms with Crippen LogP contribution in [0.3, 0.4) is 0 Å². The fraction of sp³-hybridized carbons (Fsp3) is 0. The number of hydrogen-bond acceptors (Lipinski definition) is 3. The van der Waals surface area contributed by atoms with Gasteiger partial charge < -0.3 is 6.15 Å². The number of pyridine rings is 1. The van der Waals surface area contributed by atoms with E-state index in [4.69, 9.17) is 0 Å². The lowest BCUT2D eigenvalue weighted by molar-refractivity contribution is 0.101. The Kier molecular flexibility index (Phi) is 1.07. The van der Waals surface area contributed by atoms with Gasteiger partial charge in [0.1, 0.15) is 5.69 Å². The van der Waals surface area contributed by atoms with Gasteiger partial charge in [-0.3, -0.25) is 9.78 Å². The van der Waals surface area contributed by atoms with Crippen molar-refractivity contribution in [2.24, 2.45) is 0 Å². The van der Waals surface area contributed by atoms with Crippen LogP contribution in [0, 0.1) is 0 Å². The Morgan fingerprint density at radius 3 is 2.44 bits per heavy atom. The van der Waals surface area contributed by atoms with Crippen LogP contribution in [0.1, 0.15) is 16.1 Å². The first-order chi connectivity index (χ1) is 3.88. The Morgan fingerprint density at radius 1 is 1.44 bits per heavy atom. The van der Waals surface area contributed by atoms with E-state index in [1.54, 1.807) is 18.3 Å². The molecule has 3 nitrogen and oxygen atoms in total. The highest BCUT2D eigenvalue weighted by atomic mass is 16.1. The van der Waals surface area contributed by atoms with Crippen molar-refractivity contribution in [3.05, 3.63) is 29.6 Å². The number of hydrogen-bond donors (Lipinski definition) is 1. The fourth-order valence-corrected chi connectivity index (χ4v) is 0.766. The minimum atomic E-state index is 0. The topological polar surface area (TPSA) is 65.0 Å². The minimum absolute atomic E-state index is 0. The number of rotatable bonds is 0. The van der Waals surface area contributed by atoms with Crippen LogP contribution >= 0.6 is 0 Å². The van der Waals surface area contributed by atoms with E-state index in [2.05, 4.69) is 4.98 Å². The highest BCUT2D eigenvalue weighted by Gasteiger charge is 2.19. The van der Waals surface area contributed by atoms with Gasteiger partial charge in [-0.1, -0.05) is 0 Å². The molecule has 0 fully saturated rings. The van der Waals surface area contributed by atoms with E-state index >= 15 is 0 Å². The molecule has 3 heteroatoms. The predicted molar refractivity (Wildman–Crippen MR) is 32.7 cm³/mol. The van der Waals surface area contributed by atoms with Crippen LogP contribution in [-0.2, 0) is 0 Å². The van der Waals surface area contributed by atoms with Gasteiger partial charge in [0.25, 0.3) is 0 Å². The summed E-state index contributed by atoms with van der Waals surface area (Å²) < 4.78 is 0. The van der Waals surface area contributed by atoms with Crippen molar-refractivity contribution >= 4 is 5.78 Å². The maximum atomic E-state index is 10.6. The summed E-state index contributed by atoms with van der Waals surface area (Å²) in [5.74, 6) is 0.0903. The molecule has 1 aromatic heterocycles. The van der Waals surface area contributed by atoms with Crippen molar-refractivity contribution in [1.82, 2.24) is 11.1 Å². The molecule has 9 heavy (non-hydrogen) atoms. The second-order valence-electron chi connectivity index (χ2n) is 1.76. The quantitative estimate of drug-likeness (QED) is 0.561. The molecular weight excluding hydrogens is 116 g/mol. The van der Waals surface area contributed by atoms with Crippen molar-refractivity contribution in [3.63, 3.8) is 0 Å². The molecule has 0 saturated heterocycles. The zero-order valence-corrected chi connectivity index (χ0v) is 4.79. The lowest BCUT2D eigenvalue weighted by atomic mass is 9.99. The predicted octanol–water partition coefficient (Wildman–Crippen LogP) is 0.788. The SMILES string of the molecule is N.O=C1c2ccnc1c2. The third-order valence-electron chi connectivity index (χ3n) is 1.25. The number of aromatic nitrogens is 1. The third kappa shape index (κ3) is 0.550. The second-order valence-corrected chi connectivity index (χ2v) is 1.76. The zero-order valence-electron chi connectivity index (χ0n) is 4.79. The van der Waals surface area contributed by atoms with Crippen LogP contribution in [0.2, 0.25) is 0 Å². The molecule has 0 spiro atoms. The maximum Gasteiger partial charge on any atom is 0.211 e. The van der Waals surface area contributed by atoms with Gasteiger partial charge in [0, 0.05) is 11.8 Å². The Bertz CT molecular complexity index is 228. The Hall–Kier alpha value is -1.22. The van der Waals surface area contributed by atoms with Crippen LogP contribution < -0.4 is 6.15 Å². The van der Waals surface area contributed by atoms with E-state index < -0.39 is 0 Å². The van der Waals surface area contributed by atoms with Gasteiger partial charge in [-0.05, 0) is 12.1 Å². The van der Waals surface area contributed by atoms with Crippen molar-refractivity contribution in [3.8, 4) is 0 Å². The summed E-state index contributed by atoms with van der Waals surface area (Å²) in [6.45, 7) is 0. The highest BCUT2D eigenvalue weighted by molar-refractivity contribution is 6.14. The second kappa shape index (κ2) is 1.63. The van der Waals surface area contributed by atoms with Gasteiger partial charge in [0.2, 0.25) is 5.78 Å². The monoisotopic (exact) mass is 122 g/mol. The van der Waals surface area contributed by atoms with Gasteiger partial charge in [0.15, 0.2) is 0 Å². The summed E-state index contributed by atoms with van der Waals surface area (Å²) in [7, 11) is 0. The number of nitrogens with zero attached hydrogens (tertiary/aromatic N) is 1. The average Bonchev–Trinajstić information content (AvgIpc) is 1.89. The van der Waals surface area contributed by atoms with Crippen LogP contribution in [0.25, 0.3) is 0 Å². The maximum absolute atomic E-state index is 10.6. The molecule has 0 unspecified atom stereocenters. The normalized spacial score (nSPS) is 11.8. The molecule has 0 saturated carbocycles. The summed E-state index contributed by atoms with van der Waals surface area (Å²) in [6, 6.07) is 3.50. The fourth-order valence-electron chi connectivity index (χ4n) is 0.766. The molecule has 3 N–H and O–H groups in total. The number of ketones is 1. The first-order valence-electron chi connectivity index (χ1n) is 2.39. The lowest BCUT2D eigenvalue weighted by Gasteiger charge is -2.08. The summed E-state index contributed by atoms with van der Waals surface area (Å²) in [5.41, 5.74) is 1.39. The zero-order chi connectivity index (χ0) is 5.56. The third-order valence-corrected chi connectivity index (χ3v) is 1.25. The standard InChI is InChI=1S/C6H3NO.H3N/c8-6-4-1-2-7-5(6)3-4;/h1-3H;1H3. The van der Waals surface area contributed by atoms with Crippen molar-refractivity contribution in [1.29, 1.82) is 0 Å². The largest absolute Gasteiger partial charge is 0.344 e. The number of carbonyl (C=O) groups excluding carboxylic acids is 1. The van der Waals surface area contributed by atoms with Crippen LogP contribution in [-0.4, -0.2) is 10.8 Å². The molecule has 1 aliphatic heterocycles. The highest BCUT2D eigenvalue weighted by Crippen LogP contribution is 2.16. The van der Waals surface area contributed by atoms with Crippen LogP contribution in [0.5, 0.6) is 0 Å². The smallest absolute Gasteiger partial charge is 0.211 e. The van der Waals surface area contributed by atoms with Gasteiger partial charge in [0.05, 0.1) is 0 Å². The summed E-state index contributed by atoms with van der Waals surface area (Å²) in [6.07, 6.45) is 1.64. The lowest BCUT2D eigenvalue weighted by Crippen LogP contribution is -2.13. The van der Waals surface area contributed by atoms with Crippen molar-refractivity contribution < 1.29 is 4.79 Å². The van der Waals surface area contributed by atoms with Gasteiger partial charge in [-0.25, -0.2) is 0 Å². The molecule has 0 aromatic carbocycles. The van der Waals surface area contributed by atoms with Crippen LogP contribution in [0.15, 0.2) is 18.3 Å². The first kappa shape index (κ1) is 5.91. The Labute approximate surface area is 52.3 Å². The number of fused-ring (bicyclic) bond motifs is 2. The van der Waals surface area contributed by atoms with E-state index in [0.29, 0.717) is 5.69 Å². The Balaban J connectivity index is 0.000000405. The molecule has 2 aliphatic rings. The van der Waals surface area contributed by atoms with E-state index in [1.165, 1.54) is 0 Å². The molecule has 2 bridgehead atoms. The molecule has 2 heterocycles. The molecule has 0 amide bonds. The molecule has 3 rings (SSSR count). The van der Waals surface area contributed by atoms with Crippen molar-refractivity contribution in [2.75, 3.05) is 0 Å². The van der Waals surface area contributed by atoms with Gasteiger partial charge >= 0.3 is 0 Å². The first-order valence-corrected chi connectivity index (χ1v) is 2.39. The van der Waals surface area contributed by atoms with Crippen molar-refractivity contribution in [2.45, 2.75) is 0 Å². The van der Waals surface area contributed by atoms with E-state index in [0.717, 1.165) is 5.56 Å². The molecule has 46 valence electrons. The molecule has 1 aromatic rings. The average molecular weight is 122 g/mol. The summed E-state index contributed by atoms with van der Waals surface area (Å²) in [4.78, 5) is 14.4. The van der Waals surface area contributed by atoms with E-state index in [-0.39, 0.29) is 11.9 Å². The van der Waals surface area contributed by atoms with Gasteiger partial charge in [-0.2, -0.15) is 0 Å². The van der Waals surface area contributed by atoms with E-state index in [9.17, 15) is 4.79 Å². The number of carbonyl (C=O) groups is 1. The van der Waals surface area contributed by atoms with Crippen LogP contribution in [0.4, 0.5) is 0 Å². The van der Waals surface area contributed by atoms with E-state index in [1.807, 2.05) is 0 Å².